The number of furan rings is 1. The molecular formula is C14H10N2O5. The average molecular weight is 286 g/mol. The van der Waals surface area contributed by atoms with E-state index >= 15 is 0 Å². The summed E-state index contributed by atoms with van der Waals surface area (Å²) in [6.45, 7) is 1.73. The number of hydrogen-bond donors (Lipinski definition) is 2. The van der Waals surface area contributed by atoms with E-state index in [9.17, 15) is 19.8 Å². The Morgan fingerprint density at radius 2 is 1.90 bits per heavy atom. The molecule has 0 aliphatic heterocycles. The fraction of sp³-hybridized carbons (Fsp3) is 0.0714. The number of carbonyl (C=O) groups is 2. The highest BCUT2D eigenvalue weighted by Gasteiger charge is 2.23. The molecule has 7 nitrogen and oxygen atoms in total. The van der Waals surface area contributed by atoms with Crippen molar-refractivity contribution in [3.63, 3.8) is 0 Å². The monoisotopic (exact) mass is 286 g/mol. The van der Waals surface area contributed by atoms with Gasteiger partial charge < -0.3 is 14.6 Å². The number of aromatic carboxylic acids is 2. The number of imidazole rings is 1. The first-order valence-corrected chi connectivity index (χ1v) is 6.04. The van der Waals surface area contributed by atoms with E-state index in [0.717, 1.165) is 0 Å². The Morgan fingerprint density at radius 3 is 2.48 bits per heavy atom. The van der Waals surface area contributed by atoms with E-state index in [-0.39, 0.29) is 22.7 Å². The Balaban J connectivity index is 2.43. The molecule has 3 aromatic rings. The lowest BCUT2D eigenvalue weighted by atomic mass is 10.3. The summed E-state index contributed by atoms with van der Waals surface area (Å²) in [5.74, 6) is -1.34. The van der Waals surface area contributed by atoms with E-state index < -0.39 is 11.9 Å². The number of nitrogens with zero attached hydrogens (tertiary/aromatic N) is 2. The van der Waals surface area contributed by atoms with Crippen molar-refractivity contribution < 1.29 is 24.2 Å². The van der Waals surface area contributed by atoms with Gasteiger partial charge in [0.15, 0.2) is 17.3 Å². The summed E-state index contributed by atoms with van der Waals surface area (Å²) >= 11 is 0. The molecule has 0 fully saturated rings. The Bertz CT molecular complexity index is 875. The predicted octanol–water partition coefficient (Wildman–Crippen LogP) is 2.30. The van der Waals surface area contributed by atoms with Gasteiger partial charge in [0.1, 0.15) is 11.5 Å². The number of aryl methyl sites for hydroxylation is 1. The van der Waals surface area contributed by atoms with E-state index in [1.807, 2.05) is 0 Å². The second-order valence-electron chi connectivity index (χ2n) is 4.44. The molecule has 0 saturated carbocycles. The molecule has 3 heterocycles. The summed E-state index contributed by atoms with van der Waals surface area (Å²) in [6.07, 6.45) is 0. The molecule has 0 radical (unpaired) electrons. The zero-order valence-corrected chi connectivity index (χ0v) is 10.9. The van der Waals surface area contributed by atoms with Gasteiger partial charge in [-0.3, -0.25) is 4.40 Å². The van der Waals surface area contributed by atoms with Crippen LogP contribution in [0.2, 0.25) is 0 Å². The lowest BCUT2D eigenvalue weighted by molar-refractivity contribution is 0.0678. The van der Waals surface area contributed by atoms with Gasteiger partial charge in [-0.15, -0.1) is 0 Å². The molecule has 3 rings (SSSR count). The van der Waals surface area contributed by atoms with Crippen LogP contribution in [0, 0.1) is 6.92 Å². The van der Waals surface area contributed by atoms with Crippen LogP contribution in [0.3, 0.4) is 0 Å². The molecule has 0 aliphatic carbocycles. The molecule has 21 heavy (non-hydrogen) atoms. The highest BCUT2D eigenvalue weighted by molar-refractivity contribution is 5.97. The Morgan fingerprint density at radius 1 is 1.14 bits per heavy atom. The maximum absolute atomic E-state index is 11.4. The number of hydrogen-bond acceptors (Lipinski definition) is 4. The molecule has 0 atom stereocenters. The van der Waals surface area contributed by atoms with Crippen molar-refractivity contribution in [1.29, 1.82) is 0 Å². The van der Waals surface area contributed by atoms with Crippen LogP contribution in [-0.2, 0) is 0 Å². The van der Waals surface area contributed by atoms with Gasteiger partial charge in [0.25, 0.3) is 0 Å². The summed E-state index contributed by atoms with van der Waals surface area (Å²) in [4.78, 5) is 26.7. The smallest absolute Gasteiger partial charge is 0.356 e. The van der Waals surface area contributed by atoms with Crippen molar-refractivity contribution in [3.05, 3.63) is 47.5 Å². The van der Waals surface area contributed by atoms with Gasteiger partial charge in [0.2, 0.25) is 0 Å². The molecule has 0 bridgehead atoms. The highest BCUT2D eigenvalue weighted by atomic mass is 16.4. The van der Waals surface area contributed by atoms with Gasteiger partial charge in [-0.25, -0.2) is 14.6 Å². The van der Waals surface area contributed by atoms with E-state index in [1.165, 1.54) is 22.6 Å². The third-order valence-corrected chi connectivity index (χ3v) is 3.04. The third kappa shape index (κ3) is 1.95. The number of carboxylic acids is 2. The number of aromatic nitrogens is 2. The largest absolute Gasteiger partial charge is 0.477 e. The second-order valence-corrected chi connectivity index (χ2v) is 4.44. The molecule has 0 aliphatic rings. The summed E-state index contributed by atoms with van der Waals surface area (Å²) in [6, 6.07) is 7.67. The molecule has 106 valence electrons. The molecule has 2 N–H and O–H groups in total. The number of rotatable bonds is 3. The maximum Gasteiger partial charge on any atom is 0.356 e. The van der Waals surface area contributed by atoms with Gasteiger partial charge in [-0.05, 0) is 31.2 Å². The highest BCUT2D eigenvalue weighted by Crippen LogP contribution is 2.26. The normalized spacial score (nSPS) is 10.9. The van der Waals surface area contributed by atoms with Gasteiger partial charge in [-0.2, -0.15) is 0 Å². The molecular weight excluding hydrogens is 276 g/mol. The minimum absolute atomic E-state index is 0.0865. The summed E-state index contributed by atoms with van der Waals surface area (Å²) < 4.78 is 6.70. The van der Waals surface area contributed by atoms with Crippen molar-refractivity contribution in [1.82, 2.24) is 9.38 Å². The first-order chi connectivity index (χ1) is 9.99. The van der Waals surface area contributed by atoms with Crippen LogP contribution in [0.5, 0.6) is 0 Å². The van der Waals surface area contributed by atoms with Crippen molar-refractivity contribution in [2.75, 3.05) is 0 Å². The quantitative estimate of drug-likeness (QED) is 0.765. The van der Waals surface area contributed by atoms with Gasteiger partial charge in [0.05, 0.1) is 5.52 Å². The van der Waals surface area contributed by atoms with Crippen molar-refractivity contribution in [2.24, 2.45) is 0 Å². The average Bonchev–Trinajstić information content (AvgIpc) is 3.01. The Labute approximate surface area is 118 Å². The summed E-state index contributed by atoms with van der Waals surface area (Å²) in [5.41, 5.74) is -0.106. The zero-order chi connectivity index (χ0) is 15.1. The van der Waals surface area contributed by atoms with Crippen molar-refractivity contribution >= 4 is 17.5 Å². The standard InChI is InChI=1S/C14H10N2O5/c1-7-5-6-10(21-7)12-15-11(14(19)20)8-3-2-4-9(13(17)18)16(8)12/h2-6H,1H3,(H,17,18)(H,19,20). The fourth-order valence-corrected chi connectivity index (χ4v) is 2.18. The number of carboxylic acid groups (broad SMARTS) is 2. The molecule has 0 saturated heterocycles. The topological polar surface area (TPSA) is 105 Å². The SMILES string of the molecule is Cc1ccc(-c2nc(C(=O)O)c3cccc(C(=O)O)n23)o1. The second kappa shape index (κ2) is 4.48. The lowest BCUT2D eigenvalue weighted by Gasteiger charge is -2.03. The van der Waals surface area contributed by atoms with Crippen molar-refractivity contribution in [2.45, 2.75) is 6.92 Å². The van der Waals surface area contributed by atoms with Crippen molar-refractivity contribution in [3.8, 4) is 11.6 Å². The Hall–Kier alpha value is -3.09. The molecule has 3 aromatic heterocycles. The van der Waals surface area contributed by atoms with Gasteiger partial charge >= 0.3 is 11.9 Å². The van der Waals surface area contributed by atoms with Gasteiger partial charge in [0, 0.05) is 0 Å². The van der Waals surface area contributed by atoms with Crippen LogP contribution < -0.4 is 0 Å². The summed E-state index contributed by atoms with van der Waals surface area (Å²) in [5, 5.41) is 18.5. The maximum atomic E-state index is 11.4. The van der Waals surface area contributed by atoms with Crippen LogP contribution in [-0.4, -0.2) is 31.5 Å². The first kappa shape index (κ1) is 12.9. The van der Waals surface area contributed by atoms with Crippen LogP contribution in [0.15, 0.2) is 34.7 Å². The lowest BCUT2D eigenvalue weighted by Crippen LogP contribution is -2.06. The Kier molecular flexibility index (Phi) is 2.76. The van der Waals surface area contributed by atoms with Crippen LogP contribution in [0.25, 0.3) is 17.1 Å². The zero-order valence-electron chi connectivity index (χ0n) is 10.9. The van der Waals surface area contributed by atoms with E-state index in [2.05, 4.69) is 4.98 Å². The predicted molar refractivity (Wildman–Crippen MR) is 71.5 cm³/mol. The minimum atomic E-state index is -1.23. The van der Waals surface area contributed by atoms with E-state index in [0.29, 0.717) is 11.5 Å². The molecule has 0 spiro atoms. The summed E-state index contributed by atoms with van der Waals surface area (Å²) in [7, 11) is 0. The van der Waals surface area contributed by atoms with Crippen LogP contribution in [0.4, 0.5) is 0 Å². The molecule has 0 unspecified atom stereocenters. The molecule has 0 aromatic carbocycles. The van der Waals surface area contributed by atoms with Gasteiger partial charge in [-0.1, -0.05) is 6.07 Å². The first-order valence-electron chi connectivity index (χ1n) is 6.04. The van der Waals surface area contributed by atoms with E-state index in [1.54, 1.807) is 19.1 Å². The number of fused-ring (bicyclic) bond motifs is 1. The molecule has 0 amide bonds. The number of pyridine rings is 1. The fourth-order valence-electron chi connectivity index (χ4n) is 2.18. The minimum Gasteiger partial charge on any atom is -0.477 e. The van der Waals surface area contributed by atoms with E-state index in [4.69, 9.17) is 4.42 Å². The molecule has 7 heteroatoms. The van der Waals surface area contributed by atoms with Crippen LogP contribution in [0.1, 0.15) is 26.7 Å². The van der Waals surface area contributed by atoms with Crippen LogP contribution >= 0.6 is 0 Å². The third-order valence-electron chi connectivity index (χ3n) is 3.04.